The van der Waals surface area contributed by atoms with Crippen LogP contribution >= 0.6 is 23.2 Å². The van der Waals surface area contributed by atoms with Gasteiger partial charge in [0.2, 0.25) is 5.95 Å². The van der Waals surface area contributed by atoms with Crippen molar-refractivity contribution in [1.82, 2.24) is 20.2 Å². The smallest absolute Gasteiger partial charge is 0.248 e. The van der Waals surface area contributed by atoms with Crippen molar-refractivity contribution in [2.75, 3.05) is 5.32 Å². The van der Waals surface area contributed by atoms with Crippen molar-refractivity contribution in [2.45, 2.75) is 6.54 Å². The largest absolute Gasteiger partial charge is 0.348 e. The van der Waals surface area contributed by atoms with E-state index < -0.39 is 23.0 Å². The van der Waals surface area contributed by atoms with E-state index in [2.05, 4.69) is 20.8 Å². The van der Waals surface area contributed by atoms with Crippen LogP contribution in [0.1, 0.15) is 5.56 Å². The lowest BCUT2D eigenvalue weighted by atomic mass is 10.2. The van der Waals surface area contributed by atoms with Crippen LogP contribution in [-0.4, -0.2) is 20.2 Å². The molecule has 0 saturated carbocycles. The Hall–Kier alpha value is -2.32. The highest BCUT2D eigenvalue weighted by Crippen LogP contribution is 2.29. The van der Waals surface area contributed by atoms with Crippen LogP contribution < -0.4 is 5.32 Å². The lowest BCUT2D eigenvalue weighted by molar-refractivity contribution is 0.481. The van der Waals surface area contributed by atoms with Crippen LogP contribution in [0.15, 0.2) is 30.3 Å². The zero-order chi connectivity index (χ0) is 17.3. The van der Waals surface area contributed by atoms with Crippen molar-refractivity contribution in [3.8, 4) is 5.69 Å². The maximum atomic E-state index is 13.7. The highest BCUT2D eigenvalue weighted by atomic mass is 35.5. The predicted octanol–water partition coefficient (Wildman–Crippen LogP) is 4.00. The molecule has 1 aromatic heterocycles. The topological polar surface area (TPSA) is 55.6 Å². The van der Waals surface area contributed by atoms with E-state index in [1.165, 1.54) is 4.68 Å². The second-order valence-electron chi connectivity index (χ2n) is 4.66. The Morgan fingerprint density at radius 3 is 2.58 bits per heavy atom. The Balaban J connectivity index is 1.90. The van der Waals surface area contributed by atoms with E-state index in [1.54, 1.807) is 18.2 Å². The van der Waals surface area contributed by atoms with E-state index in [9.17, 15) is 13.2 Å². The summed E-state index contributed by atoms with van der Waals surface area (Å²) >= 11 is 12.0. The summed E-state index contributed by atoms with van der Waals surface area (Å²) in [6, 6.07) is 6.39. The number of nitrogens with zero attached hydrogens (tertiary/aromatic N) is 4. The van der Waals surface area contributed by atoms with Gasteiger partial charge in [-0.1, -0.05) is 34.4 Å². The summed E-state index contributed by atoms with van der Waals surface area (Å²) in [7, 11) is 0. The molecule has 0 aliphatic rings. The third kappa shape index (κ3) is 3.02. The third-order valence-electron chi connectivity index (χ3n) is 3.19. The molecular weight excluding hydrogens is 366 g/mol. The fraction of sp³-hybridized carbons (Fsp3) is 0.0714. The van der Waals surface area contributed by atoms with Crippen LogP contribution in [0.2, 0.25) is 10.0 Å². The molecule has 0 spiro atoms. The Morgan fingerprint density at radius 1 is 1.04 bits per heavy atom. The number of aromatic nitrogens is 4. The van der Waals surface area contributed by atoms with Gasteiger partial charge in [-0.3, -0.25) is 0 Å². The average Bonchev–Trinajstić information content (AvgIpc) is 3.02. The molecular formula is C14H8Cl2F3N5. The van der Waals surface area contributed by atoms with E-state index in [4.69, 9.17) is 23.2 Å². The van der Waals surface area contributed by atoms with Crippen LogP contribution in [0.4, 0.5) is 19.1 Å². The summed E-state index contributed by atoms with van der Waals surface area (Å²) in [5.74, 6) is -3.25. The molecule has 0 radical (unpaired) electrons. The van der Waals surface area contributed by atoms with Gasteiger partial charge in [-0.2, -0.15) is 4.68 Å². The Labute approximate surface area is 144 Å². The molecule has 0 aliphatic heterocycles. The van der Waals surface area contributed by atoms with Crippen molar-refractivity contribution in [3.63, 3.8) is 0 Å². The average molecular weight is 374 g/mol. The zero-order valence-electron chi connectivity index (χ0n) is 11.8. The van der Waals surface area contributed by atoms with Gasteiger partial charge in [-0.05, 0) is 34.7 Å². The lowest BCUT2D eigenvalue weighted by Gasteiger charge is -2.10. The monoisotopic (exact) mass is 373 g/mol. The number of halogens is 5. The van der Waals surface area contributed by atoms with Crippen molar-refractivity contribution >= 4 is 29.2 Å². The number of anilines is 1. The molecule has 2 aromatic carbocycles. The molecule has 10 heteroatoms. The fourth-order valence-electron chi connectivity index (χ4n) is 2.01. The number of benzene rings is 2. The van der Waals surface area contributed by atoms with Crippen molar-refractivity contribution < 1.29 is 13.2 Å². The minimum atomic E-state index is -1.28. The summed E-state index contributed by atoms with van der Waals surface area (Å²) in [5, 5.41) is 14.1. The number of hydrogen-bond donors (Lipinski definition) is 1. The first-order valence-electron chi connectivity index (χ1n) is 6.58. The van der Waals surface area contributed by atoms with E-state index in [0.717, 1.165) is 6.07 Å². The normalized spacial score (nSPS) is 10.9. The van der Waals surface area contributed by atoms with Crippen molar-refractivity contribution in [2.24, 2.45) is 0 Å². The Bertz CT molecular complexity index is 900. The fourth-order valence-corrected chi connectivity index (χ4v) is 2.39. The van der Waals surface area contributed by atoms with Gasteiger partial charge in [0.05, 0.1) is 15.7 Å². The molecule has 0 unspecified atom stereocenters. The van der Waals surface area contributed by atoms with E-state index in [-0.39, 0.29) is 22.5 Å². The lowest BCUT2D eigenvalue weighted by Crippen LogP contribution is -2.11. The minimum Gasteiger partial charge on any atom is -0.348 e. The molecule has 0 bridgehead atoms. The molecule has 0 saturated heterocycles. The quantitative estimate of drug-likeness (QED) is 0.702. The molecule has 3 rings (SSSR count). The number of hydrogen-bond acceptors (Lipinski definition) is 4. The van der Waals surface area contributed by atoms with Gasteiger partial charge in [0.15, 0.2) is 11.6 Å². The highest BCUT2D eigenvalue weighted by molar-refractivity contribution is 6.43. The molecule has 0 amide bonds. The number of tetrazole rings is 1. The SMILES string of the molecule is Fc1ccc(F)c(CNc2nnnn2-c2cccc(Cl)c2Cl)c1F. The first kappa shape index (κ1) is 16.5. The Kier molecular flexibility index (Phi) is 4.59. The van der Waals surface area contributed by atoms with Gasteiger partial charge in [0, 0.05) is 12.1 Å². The number of nitrogens with one attached hydrogen (secondary N) is 1. The second-order valence-corrected chi connectivity index (χ2v) is 5.45. The minimum absolute atomic E-state index is 0.0576. The standard InChI is InChI=1S/C14H8Cl2F3N5/c15-8-2-1-3-11(12(8)16)24-14(21-22-23-24)20-6-7-9(17)4-5-10(18)13(7)19/h1-5H,6H2,(H,20,21,23). The van der Waals surface area contributed by atoms with Crippen LogP contribution in [-0.2, 0) is 6.54 Å². The third-order valence-corrected chi connectivity index (χ3v) is 4.00. The highest BCUT2D eigenvalue weighted by Gasteiger charge is 2.17. The molecule has 5 nitrogen and oxygen atoms in total. The Morgan fingerprint density at radius 2 is 1.79 bits per heavy atom. The molecule has 0 aliphatic carbocycles. The molecule has 0 atom stereocenters. The summed E-state index contributed by atoms with van der Waals surface area (Å²) in [4.78, 5) is 0. The van der Waals surface area contributed by atoms with Crippen molar-refractivity contribution in [1.29, 1.82) is 0 Å². The van der Waals surface area contributed by atoms with Gasteiger partial charge >= 0.3 is 0 Å². The first-order chi connectivity index (χ1) is 11.5. The van der Waals surface area contributed by atoms with Gasteiger partial charge in [0.1, 0.15) is 5.82 Å². The van der Waals surface area contributed by atoms with Gasteiger partial charge in [-0.15, -0.1) is 0 Å². The predicted molar refractivity (Wildman–Crippen MR) is 82.8 cm³/mol. The summed E-state index contributed by atoms with van der Waals surface area (Å²) in [6.07, 6.45) is 0. The van der Waals surface area contributed by atoms with Crippen molar-refractivity contribution in [3.05, 3.63) is 63.4 Å². The van der Waals surface area contributed by atoms with Crippen LogP contribution in [0, 0.1) is 17.5 Å². The molecule has 0 fully saturated rings. The van der Waals surface area contributed by atoms with Crippen LogP contribution in [0.3, 0.4) is 0 Å². The summed E-state index contributed by atoms with van der Waals surface area (Å²) in [6.45, 7) is -0.367. The van der Waals surface area contributed by atoms with E-state index >= 15 is 0 Å². The molecule has 3 aromatic rings. The second kappa shape index (κ2) is 6.66. The molecule has 1 heterocycles. The van der Waals surface area contributed by atoms with E-state index in [1.807, 2.05) is 0 Å². The first-order valence-corrected chi connectivity index (χ1v) is 7.33. The van der Waals surface area contributed by atoms with Crippen LogP contribution in [0.25, 0.3) is 5.69 Å². The summed E-state index contributed by atoms with van der Waals surface area (Å²) in [5.41, 5.74) is -0.0985. The number of rotatable bonds is 4. The maximum absolute atomic E-state index is 13.7. The zero-order valence-corrected chi connectivity index (χ0v) is 13.3. The molecule has 124 valence electrons. The van der Waals surface area contributed by atoms with Gasteiger partial charge in [0.25, 0.3) is 0 Å². The van der Waals surface area contributed by atoms with E-state index in [0.29, 0.717) is 11.8 Å². The van der Waals surface area contributed by atoms with Gasteiger partial charge < -0.3 is 5.32 Å². The van der Waals surface area contributed by atoms with Gasteiger partial charge in [-0.25, -0.2) is 13.2 Å². The maximum Gasteiger partial charge on any atom is 0.248 e. The summed E-state index contributed by atoms with van der Waals surface area (Å²) < 4.78 is 41.8. The molecule has 1 N–H and O–H groups in total. The molecule has 24 heavy (non-hydrogen) atoms. The van der Waals surface area contributed by atoms with Crippen LogP contribution in [0.5, 0.6) is 0 Å².